The molecule has 9 heteroatoms. The molecule has 2 aromatic heterocycles. The predicted molar refractivity (Wildman–Crippen MR) is 111 cm³/mol. The van der Waals surface area contributed by atoms with E-state index in [1.54, 1.807) is 6.07 Å². The molecule has 148 valence electrons. The third kappa shape index (κ3) is 4.13. The Kier molecular flexibility index (Phi) is 5.79. The molecule has 0 bridgehead atoms. The van der Waals surface area contributed by atoms with Crippen molar-refractivity contribution in [2.45, 2.75) is 37.8 Å². The number of nitrogens with two attached hydrogens (primary N) is 1. The number of benzene rings is 1. The molecule has 0 saturated carbocycles. The number of halogens is 1. The van der Waals surface area contributed by atoms with Crippen molar-refractivity contribution in [3.05, 3.63) is 46.2 Å². The van der Waals surface area contributed by atoms with Crippen LogP contribution >= 0.6 is 23.3 Å². The summed E-state index contributed by atoms with van der Waals surface area (Å²) in [6, 6.07) is 6.86. The number of hydrogen-bond donors (Lipinski definition) is 2. The van der Waals surface area contributed by atoms with Crippen LogP contribution in [0.4, 0.5) is 10.1 Å². The number of hydroxylamine groups is 2. The fraction of sp³-hybridized carbons (Fsp3) is 0.368. The minimum absolute atomic E-state index is 0.223. The zero-order chi connectivity index (χ0) is 19.7. The number of aromatic nitrogens is 2. The molecule has 1 aliphatic rings. The summed E-state index contributed by atoms with van der Waals surface area (Å²) in [6.45, 7) is 5.99. The fourth-order valence-electron chi connectivity index (χ4n) is 3.17. The van der Waals surface area contributed by atoms with Crippen molar-refractivity contribution in [1.29, 1.82) is 0 Å². The van der Waals surface area contributed by atoms with Crippen LogP contribution in [0.5, 0.6) is 0 Å². The molecule has 0 spiro atoms. The normalized spacial score (nSPS) is 17.6. The highest BCUT2D eigenvalue weighted by molar-refractivity contribution is 7.97. The van der Waals surface area contributed by atoms with Crippen molar-refractivity contribution in [3.8, 4) is 0 Å². The van der Waals surface area contributed by atoms with Crippen LogP contribution in [-0.4, -0.2) is 34.4 Å². The van der Waals surface area contributed by atoms with E-state index in [1.165, 1.54) is 35.4 Å². The standard InChI is InChI=1S/C19H22FN5OS2/c1-11-12(2)22-23-19-17(11)18(21)16(27-19)10-26-25-7-6-14(9-25)24-28-15-5-3-4-13(20)8-15/h3-5,8,14,24H,6-7,9-10,21H2,1-2H3. The van der Waals surface area contributed by atoms with Crippen molar-refractivity contribution < 1.29 is 9.23 Å². The molecule has 3 N–H and O–H groups in total. The quantitative estimate of drug-likeness (QED) is 0.588. The first-order chi connectivity index (χ1) is 13.5. The number of anilines is 1. The molecule has 1 saturated heterocycles. The molecule has 1 atom stereocenters. The summed E-state index contributed by atoms with van der Waals surface area (Å²) in [5, 5.41) is 11.4. The Labute approximate surface area is 171 Å². The van der Waals surface area contributed by atoms with Gasteiger partial charge in [0.15, 0.2) is 0 Å². The highest BCUT2D eigenvalue weighted by Crippen LogP contribution is 2.35. The summed E-state index contributed by atoms with van der Waals surface area (Å²) >= 11 is 2.99. The van der Waals surface area contributed by atoms with Crippen LogP contribution in [0.2, 0.25) is 0 Å². The zero-order valence-corrected chi connectivity index (χ0v) is 17.4. The van der Waals surface area contributed by atoms with Gasteiger partial charge in [-0.3, -0.25) is 9.56 Å². The Bertz CT molecular complexity index is 996. The van der Waals surface area contributed by atoms with Gasteiger partial charge in [-0.05, 0) is 56.0 Å². The van der Waals surface area contributed by atoms with Crippen LogP contribution in [0.15, 0.2) is 29.2 Å². The maximum absolute atomic E-state index is 13.3. The topological polar surface area (TPSA) is 76.3 Å². The van der Waals surface area contributed by atoms with Gasteiger partial charge in [-0.15, -0.1) is 16.4 Å². The lowest BCUT2D eigenvalue weighted by Gasteiger charge is -2.16. The summed E-state index contributed by atoms with van der Waals surface area (Å²) < 4.78 is 16.6. The Morgan fingerprint density at radius 3 is 3.07 bits per heavy atom. The molecule has 1 fully saturated rings. The number of thiophene rings is 1. The Morgan fingerprint density at radius 1 is 1.39 bits per heavy atom. The second-order valence-electron chi connectivity index (χ2n) is 6.85. The van der Waals surface area contributed by atoms with E-state index in [2.05, 4.69) is 14.9 Å². The van der Waals surface area contributed by atoms with Gasteiger partial charge in [0.05, 0.1) is 16.3 Å². The average molecular weight is 420 g/mol. The molecule has 1 unspecified atom stereocenters. The van der Waals surface area contributed by atoms with Gasteiger partial charge >= 0.3 is 0 Å². The number of hydrogen-bond acceptors (Lipinski definition) is 8. The number of nitrogen functional groups attached to an aromatic ring is 1. The fourth-order valence-corrected chi connectivity index (χ4v) is 4.98. The average Bonchev–Trinajstić information content (AvgIpc) is 3.26. The van der Waals surface area contributed by atoms with Gasteiger partial charge in [0, 0.05) is 29.4 Å². The second kappa shape index (κ2) is 8.30. The Balaban J connectivity index is 1.32. The lowest BCUT2D eigenvalue weighted by molar-refractivity contribution is -0.153. The van der Waals surface area contributed by atoms with Crippen molar-refractivity contribution in [3.63, 3.8) is 0 Å². The monoisotopic (exact) mass is 419 g/mol. The summed E-state index contributed by atoms with van der Waals surface area (Å²) in [5.74, 6) is -0.223. The Morgan fingerprint density at radius 2 is 2.25 bits per heavy atom. The maximum Gasteiger partial charge on any atom is 0.148 e. The van der Waals surface area contributed by atoms with Crippen LogP contribution < -0.4 is 10.5 Å². The molecule has 1 aliphatic heterocycles. The third-order valence-corrected chi connectivity index (χ3v) is 6.88. The van der Waals surface area contributed by atoms with Gasteiger partial charge in [-0.1, -0.05) is 6.07 Å². The number of aryl methyl sites for hydroxylation is 2. The first-order valence-corrected chi connectivity index (χ1v) is 10.7. The second-order valence-corrected chi connectivity index (χ2v) is 8.85. The van der Waals surface area contributed by atoms with Gasteiger partial charge < -0.3 is 5.73 Å². The maximum atomic E-state index is 13.3. The number of fused-ring (bicyclic) bond motifs is 1. The molecule has 3 aromatic rings. The highest BCUT2D eigenvalue weighted by Gasteiger charge is 2.24. The van der Waals surface area contributed by atoms with Gasteiger partial charge in [-0.2, -0.15) is 10.2 Å². The van der Waals surface area contributed by atoms with Crippen LogP contribution in [0.25, 0.3) is 10.2 Å². The van der Waals surface area contributed by atoms with E-state index < -0.39 is 0 Å². The predicted octanol–water partition coefficient (Wildman–Crippen LogP) is 3.83. The number of nitrogens with zero attached hydrogens (tertiary/aromatic N) is 3. The lowest BCUT2D eigenvalue weighted by atomic mass is 10.1. The minimum atomic E-state index is -0.223. The van der Waals surface area contributed by atoms with Gasteiger partial charge in [0.25, 0.3) is 0 Å². The number of nitrogens with one attached hydrogen (secondary N) is 1. The van der Waals surface area contributed by atoms with Crippen LogP contribution in [0, 0.1) is 19.7 Å². The molecule has 3 heterocycles. The summed E-state index contributed by atoms with van der Waals surface area (Å²) in [6.07, 6.45) is 0.966. The van der Waals surface area contributed by atoms with E-state index in [0.29, 0.717) is 6.61 Å². The van der Waals surface area contributed by atoms with E-state index in [4.69, 9.17) is 10.6 Å². The molecular weight excluding hydrogens is 397 g/mol. The molecular formula is C19H22FN5OS2. The van der Waals surface area contributed by atoms with Crippen molar-refractivity contribution >= 4 is 39.2 Å². The molecule has 0 radical (unpaired) electrons. The lowest BCUT2D eigenvalue weighted by Crippen LogP contribution is -2.28. The summed E-state index contributed by atoms with van der Waals surface area (Å²) in [4.78, 5) is 8.67. The third-order valence-electron chi connectivity index (χ3n) is 4.88. The van der Waals surface area contributed by atoms with E-state index in [1.807, 2.05) is 25.0 Å². The number of rotatable bonds is 6. The van der Waals surface area contributed by atoms with Crippen LogP contribution in [0.3, 0.4) is 0 Å². The molecule has 4 rings (SSSR count). The van der Waals surface area contributed by atoms with E-state index in [0.717, 1.165) is 56.4 Å². The van der Waals surface area contributed by atoms with Crippen molar-refractivity contribution in [2.24, 2.45) is 0 Å². The molecule has 0 amide bonds. The molecule has 28 heavy (non-hydrogen) atoms. The van der Waals surface area contributed by atoms with E-state index in [9.17, 15) is 4.39 Å². The van der Waals surface area contributed by atoms with Crippen molar-refractivity contribution in [1.82, 2.24) is 20.0 Å². The van der Waals surface area contributed by atoms with Crippen molar-refractivity contribution in [2.75, 3.05) is 18.8 Å². The first-order valence-electron chi connectivity index (χ1n) is 9.08. The van der Waals surface area contributed by atoms with E-state index >= 15 is 0 Å². The Hall–Kier alpha value is -1.78. The molecule has 6 nitrogen and oxygen atoms in total. The largest absolute Gasteiger partial charge is 0.397 e. The van der Waals surface area contributed by atoms with Crippen LogP contribution in [-0.2, 0) is 11.4 Å². The smallest absolute Gasteiger partial charge is 0.148 e. The molecule has 0 aliphatic carbocycles. The summed E-state index contributed by atoms with van der Waals surface area (Å²) in [5.41, 5.74) is 9.06. The zero-order valence-electron chi connectivity index (χ0n) is 15.7. The SMILES string of the molecule is Cc1nnc2sc(CON3CCC(NSc4cccc(F)c4)C3)c(N)c2c1C. The van der Waals surface area contributed by atoms with Gasteiger partial charge in [0.2, 0.25) is 0 Å². The van der Waals surface area contributed by atoms with Crippen LogP contribution in [0.1, 0.15) is 22.6 Å². The minimum Gasteiger partial charge on any atom is -0.397 e. The highest BCUT2D eigenvalue weighted by atomic mass is 32.2. The summed E-state index contributed by atoms with van der Waals surface area (Å²) in [7, 11) is 0. The van der Waals surface area contributed by atoms with Gasteiger partial charge in [-0.25, -0.2) is 4.39 Å². The first kappa shape index (κ1) is 19.5. The molecule has 1 aromatic carbocycles. The van der Waals surface area contributed by atoms with Gasteiger partial charge in [0.1, 0.15) is 17.3 Å². The van der Waals surface area contributed by atoms with E-state index in [-0.39, 0.29) is 11.9 Å².